The minimum absolute atomic E-state index is 0.168. The maximum Gasteiger partial charge on any atom is 0.253 e. The van der Waals surface area contributed by atoms with Crippen LogP contribution in [0.3, 0.4) is 0 Å². The molecule has 0 aliphatic heterocycles. The van der Waals surface area contributed by atoms with Crippen LogP contribution in [0, 0.1) is 18.7 Å². The van der Waals surface area contributed by atoms with Gasteiger partial charge in [0.1, 0.15) is 5.82 Å². The number of carbonyl (C=O) groups excluding carboxylic acids is 1. The molecule has 1 fully saturated rings. The molecule has 0 saturated heterocycles. The van der Waals surface area contributed by atoms with Crippen molar-refractivity contribution in [1.29, 1.82) is 0 Å². The Morgan fingerprint density at radius 3 is 2.67 bits per heavy atom. The number of aryl methyl sites for hydroxylation is 1. The van der Waals surface area contributed by atoms with Crippen molar-refractivity contribution >= 4 is 5.91 Å². The molecule has 0 atom stereocenters. The lowest BCUT2D eigenvalue weighted by Gasteiger charge is -2.34. The van der Waals surface area contributed by atoms with E-state index >= 15 is 0 Å². The summed E-state index contributed by atoms with van der Waals surface area (Å²) in [6.07, 6.45) is 1.29. The van der Waals surface area contributed by atoms with Gasteiger partial charge in [-0.3, -0.25) is 4.79 Å². The Morgan fingerprint density at radius 1 is 1.44 bits per heavy atom. The Hall–Kier alpha value is -1.42. The predicted molar refractivity (Wildman–Crippen MR) is 66.8 cm³/mol. The van der Waals surface area contributed by atoms with Gasteiger partial charge in [-0.25, -0.2) is 4.39 Å². The third-order valence-corrected chi connectivity index (χ3v) is 3.38. The molecule has 0 spiro atoms. The van der Waals surface area contributed by atoms with Crippen LogP contribution < -0.4 is 0 Å². The van der Waals surface area contributed by atoms with E-state index < -0.39 is 0 Å². The predicted octanol–water partition coefficient (Wildman–Crippen LogP) is 1.98. The van der Waals surface area contributed by atoms with Gasteiger partial charge in [-0.2, -0.15) is 0 Å². The number of aliphatic hydroxyl groups is 1. The molecule has 0 aromatic heterocycles. The first-order chi connectivity index (χ1) is 8.45. The Labute approximate surface area is 106 Å². The molecule has 3 nitrogen and oxygen atoms in total. The van der Waals surface area contributed by atoms with E-state index in [9.17, 15) is 14.3 Å². The van der Waals surface area contributed by atoms with E-state index in [1.807, 2.05) is 0 Å². The van der Waals surface area contributed by atoms with E-state index in [0.717, 1.165) is 18.4 Å². The fraction of sp³-hybridized carbons (Fsp3) is 0.500. The maximum atomic E-state index is 13.2. The molecule has 1 aliphatic rings. The molecule has 1 amide bonds. The van der Waals surface area contributed by atoms with Gasteiger partial charge < -0.3 is 10.0 Å². The monoisotopic (exact) mass is 251 g/mol. The second-order valence-corrected chi connectivity index (χ2v) is 5.19. The zero-order chi connectivity index (χ0) is 13.3. The number of hydrogen-bond donors (Lipinski definition) is 1. The number of aliphatic hydroxyl groups excluding tert-OH is 1. The average Bonchev–Trinajstić information content (AvgIpc) is 2.24. The Kier molecular flexibility index (Phi) is 3.66. The van der Waals surface area contributed by atoms with Crippen LogP contribution in [0.25, 0.3) is 0 Å². The quantitative estimate of drug-likeness (QED) is 0.892. The van der Waals surface area contributed by atoms with Gasteiger partial charge in [-0.05, 0) is 49.4 Å². The van der Waals surface area contributed by atoms with Crippen LogP contribution in [0.2, 0.25) is 0 Å². The SMILES string of the molecule is Cc1cc(F)cc(C(=O)N(C)CC2CC(O)C2)c1. The summed E-state index contributed by atoms with van der Waals surface area (Å²) in [4.78, 5) is 13.7. The highest BCUT2D eigenvalue weighted by Gasteiger charge is 2.29. The van der Waals surface area contributed by atoms with Crippen molar-refractivity contribution < 1.29 is 14.3 Å². The summed E-state index contributed by atoms with van der Waals surface area (Å²) in [5.41, 5.74) is 1.13. The highest BCUT2D eigenvalue weighted by Crippen LogP contribution is 2.28. The molecule has 98 valence electrons. The minimum atomic E-state index is -0.384. The highest BCUT2D eigenvalue weighted by atomic mass is 19.1. The molecular formula is C14H18FNO2. The molecule has 1 aromatic rings. The molecule has 0 bridgehead atoms. The van der Waals surface area contributed by atoms with Crippen LogP contribution >= 0.6 is 0 Å². The summed E-state index contributed by atoms with van der Waals surface area (Å²) >= 11 is 0. The largest absolute Gasteiger partial charge is 0.393 e. The molecule has 1 aromatic carbocycles. The molecule has 0 heterocycles. The van der Waals surface area contributed by atoms with Crippen molar-refractivity contribution in [3.63, 3.8) is 0 Å². The van der Waals surface area contributed by atoms with Crippen molar-refractivity contribution in [3.8, 4) is 0 Å². The van der Waals surface area contributed by atoms with Gasteiger partial charge in [0.15, 0.2) is 0 Å². The average molecular weight is 251 g/mol. The first kappa shape index (κ1) is 13.0. The summed E-state index contributed by atoms with van der Waals surface area (Å²) in [6.45, 7) is 2.38. The van der Waals surface area contributed by atoms with Crippen molar-refractivity contribution in [2.75, 3.05) is 13.6 Å². The first-order valence-corrected chi connectivity index (χ1v) is 6.16. The van der Waals surface area contributed by atoms with Gasteiger partial charge in [0.25, 0.3) is 5.91 Å². The molecule has 18 heavy (non-hydrogen) atoms. The Bertz CT molecular complexity index is 435. The number of carbonyl (C=O) groups is 1. The van der Waals surface area contributed by atoms with E-state index in [1.54, 1.807) is 24.9 Å². The van der Waals surface area contributed by atoms with Gasteiger partial charge in [-0.15, -0.1) is 0 Å². The first-order valence-electron chi connectivity index (χ1n) is 6.16. The molecule has 0 radical (unpaired) electrons. The number of benzene rings is 1. The van der Waals surface area contributed by atoms with E-state index in [-0.39, 0.29) is 17.8 Å². The van der Waals surface area contributed by atoms with Crippen LogP contribution in [0.5, 0.6) is 0 Å². The van der Waals surface area contributed by atoms with Crippen LogP contribution in [-0.4, -0.2) is 35.6 Å². The lowest BCUT2D eigenvalue weighted by atomic mass is 9.82. The minimum Gasteiger partial charge on any atom is -0.393 e. The lowest BCUT2D eigenvalue weighted by molar-refractivity contribution is 0.0265. The number of hydrogen-bond acceptors (Lipinski definition) is 2. The van der Waals surface area contributed by atoms with E-state index in [2.05, 4.69) is 0 Å². The number of halogens is 1. The normalized spacial score (nSPS) is 22.4. The smallest absolute Gasteiger partial charge is 0.253 e. The standard InChI is InChI=1S/C14H18FNO2/c1-9-3-11(7-12(15)4-9)14(18)16(2)8-10-5-13(17)6-10/h3-4,7,10,13,17H,5-6,8H2,1-2H3. The fourth-order valence-electron chi connectivity index (χ4n) is 2.40. The van der Waals surface area contributed by atoms with Crippen LogP contribution in [0.4, 0.5) is 4.39 Å². The second kappa shape index (κ2) is 5.06. The molecular weight excluding hydrogens is 233 g/mol. The Balaban J connectivity index is 2.01. The van der Waals surface area contributed by atoms with Crippen molar-refractivity contribution in [2.45, 2.75) is 25.9 Å². The van der Waals surface area contributed by atoms with Crippen molar-refractivity contribution in [1.82, 2.24) is 4.90 Å². The fourth-order valence-corrected chi connectivity index (χ4v) is 2.40. The van der Waals surface area contributed by atoms with E-state index in [0.29, 0.717) is 18.0 Å². The number of rotatable bonds is 3. The van der Waals surface area contributed by atoms with Gasteiger partial charge in [0.2, 0.25) is 0 Å². The van der Waals surface area contributed by atoms with Crippen molar-refractivity contribution in [3.05, 3.63) is 35.1 Å². The van der Waals surface area contributed by atoms with Crippen LogP contribution in [0.1, 0.15) is 28.8 Å². The zero-order valence-electron chi connectivity index (χ0n) is 10.7. The number of amides is 1. The summed E-state index contributed by atoms with van der Waals surface area (Å²) in [5, 5.41) is 9.21. The van der Waals surface area contributed by atoms with Crippen LogP contribution in [0.15, 0.2) is 18.2 Å². The molecule has 2 rings (SSSR count). The zero-order valence-corrected chi connectivity index (χ0v) is 10.7. The van der Waals surface area contributed by atoms with Gasteiger partial charge in [-0.1, -0.05) is 0 Å². The van der Waals surface area contributed by atoms with Gasteiger partial charge in [0, 0.05) is 19.2 Å². The summed E-state index contributed by atoms with van der Waals surface area (Å²) in [5.74, 6) is -0.187. The highest BCUT2D eigenvalue weighted by molar-refractivity contribution is 5.94. The lowest BCUT2D eigenvalue weighted by Crippen LogP contribution is -2.39. The van der Waals surface area contributed by atoms with Crippen molar-refractivity contribution in [2.24, 2.45) is 5.92 Å². The number of nitrogens with zero attached hydrogens (tertiary/aromatic N) is 1. The van der Waals surface area contributed by atoms with Crippen LogP contribution in [-0.2, 0) is 0 Å². The summed E-state index contributed by atoms with van der Waals surface area (Å²) in [7, 11) is 1.72. The topological polar surface area (TPSA) is 40.5 Å². The summed E-state index contributed by atoms with van der Waals surface area (Å²) in [6, 6.07) is 4.36. The maximum absolute atomic E-state index is 13.2. The van der Waals surface area contributed by atoms with E-state index in [1.165, 1.54) is 12.1 Å². The third kappa shape index (κ3) is 2.88. The molecule has 1 aliphatic carbocycles. The molecule has 0 unspecified atom stereocenters. The molecule has 4 heteroatoms. The van der Waals surface area contributed by atoms with Gasteiger partial charge in [0.05, 0.1) is 6.10 Å². The second-order valence-electron chi connectivity index (χ2n) is 5.19. The third-order valence-electron chi connectivity index (χ3n) is 3.38. The summed E-state index contributed by atoms with van der Waals surface area (Å²) < 4.78 is 13.2. The molecule has 1 saturated carbocycles. The van der Waals surface area contributed by atoms with E-state index in [4.69, 9.17) is 0 Å². The molecule has 1 N–H and O–H groups in total. The Morgan fingerprint density at radius 2 is 2.11 bits per heavy atom. The van der Waals surface area contributed by atoms with Gasteiger partial charge >= 0.3 is 0 Å².